The number of aliphatic imine (C=N–C) groups is 1. The lowest BCUT2D eigenvalue weighted by molar-refractivity contribution is 0.189. The number of aromatic nitrogens is 3. The van der Waals surface area contributed by atoms with E-state index in [-0.39, 0.29) is 24.0 Å². The SMILES string of the molecule is CN=C(NCc1ccnc2ccccc12)N1CCC(C)C(n2ccnc2)C1.I. The van der Waals surface area contributed by atoms with Gasteiger partial charge < -0.3 is 14.8 Å². The molecule has 1 N–H and O–H groups in total. The lowest BCUT2D eigenvalue weighted by atomic mass is 9.93. The number of piperidine rings is 1. The van der Waals surface area contributed by atoms with Gasteiger partial charge in [-0.1, -0.05) is 25.1 Å². The van der Waals surface area contributed by atoms with E-state index < -0.39 is 0 Å². The van der Waals surface area contributed by atoms with E-state index in [1.54, 1.807) is 0 Å². The molecule has 3 aromatic rings. The summed E-state index contributed by atoms with van der Waals surface area (Å²) >= 11 is 0. The Labute approximate surface area is 183 Å². The highest BCUT2D eigenvalue weighted by Gasteiger charge is 2.28. The summed E-state index contributed by atoms with van der Waals surface area (Å²) in [6.45, 7) is 5.01. The van der Waals surface area contributed by atoms with Gasteiger partial charge in [0, 0.05) is 50.7 Å². The van der Waals surface area contributed by atoms with E-state index in [1.165, 1.54) is 10.9 Å². The van der Waals surface area contributed by atoms with Crippen LogP contribution in [0.3, 0.4) is 0 Å². The Hall–Kier alpha value is -2.16. The summed E-state index contributed by atoms with van der Waals surface area (Å²) in [5.74, 6) is 1.57. The Balaban J connectivity index is 0.00000225. The number of hydrogen-bond acceptors (Lipinski definition) is 3. The minimum Gasteiger partial charge on any atom is -0.352 e. The van der Waals surface area contributed by atoms with Crippen LogP contribution in [0.15, 0.2) is 60.2 Å². The van der Waals surface area contributed by atoms with Crippen LogP contribution >= 0.6 is 24.0 Å². The first-order valence-electron chi connectivity index (χ1n) is 9.52. The first-order valence-corrected chi connectivity index (χ1v) is 9.52. The average molecular weight is 490 g/mol. The molecule has 148 valence electrons. The van der Waals surface area contributed by atoms with Crippen molar-refractivity contribution in [2.24, 2.45) is 10.9 Å². The number of guanidine groups is 1. The number of pyridine rings is 1. The lowest BCUT2D eigenvalue weighted by Gasteiger charge is -2.39. The zero-order chi connectivity index (χ0) is 18.6. The molecule has 7 heteroatoms. The Bertz CT molecular complexity index is 918. The van der Waals surface area contributed by atoms with Gasteiger partial charge in [-0.3, -0.25) is 9.98 Å². The van der Waals surface area contributed by atoms with Crippen LogP contribution in [0.2, 0.25) is 0 Å². The number of nitrogens with one attached hydrogen (secondary N) is 1. The van der Waals surface area contributed by atoms with Crippen molar-refractivity contribution in [3.8, 4) is 0 Å². The molecule has 1 fully saturated rings. The Morgan fingerprint density at radius 2 is 2.11 bits per heavy atom. The molecule has 28 heavy (non-hydrogen) atoms. The summed E-state index contributed by atoms with van der Waals surface area (Å²) in [5.41, 5.74) is 2.26. The van der Waals surface area contributed by atoms with Gasteiger partial charge in [-0.2, -0.15) is 0 Å². The van der Waals surface area contributed by atoms with Gasteiger partial charge in [-0.25, -0.2) is 4.98 Å². The fourth-order valence-electron chi connectivity index (χ4n) is 3.91. The third kappa shape index (κ3) is 4.29. The molecule has 2 aromatic heterocycles. The minimum atomic E-state index is 0. The summed E-state index contributed by atoms with van der Waals surface area (Å²) in [6.07, 6.45) is 8.85. The lowest BCUT2D eigenvalue weighted by Crippen LogP contribution is -2.48. The van der Waals surface area contributed by atoms with E-state index in [1.807, 2.05) is 31.8 Å². The van der Waals surface area contributed by atoms with Crippen LogP contribution in [0.25, 0.3) is 10.9 Å². The van der Waals surface area contributed by atoms with Gasteiger partial charge in [0.1, 0.15) is 0 Å². The number of benzene rings is 1. The smallest absolute Gasteiger partial charge is 0.193 e. The first-order chi connectivity index (χ1) is 13.3. The first kappa shape index (κ1) is 20.6. The molecule has 1 aliphatic rings. The standard InChI is InChI=1S/C21H26N6.HI/c1-16-8-11-26(14-20(16)27-12-10-23-15-27)21(22-2)25-13-17-7-9-24-19-6-4-3-5-18(17)19;/h3-7,9-10,12,15-16,20H,8,11,13-14H2,1-2H3,(H,22,25);1H. The van der Waals surface area contributed by atoms with Gasteiger partial charge in [0.2, 0.25) is 0 Å². The van der Waals surface area contributed by atoms with Crippen molar-refractivity contribution < 1.29 is 0 Å². The number of halogens is 1. The van der Waals surface area contributed by atoms with E-state index in [9.17, 15) is 0 Å². The summed E-state index contributed by atoms with van der Waals surface area (Å²) in [4.78, 5) is 15.6. The van der Waals surface area contributed by atoms with Crippen LogP contribution in [0, 0.1) is 5.92 Å². The van der Waals surface area contributed by atoms with Crippen LogP contribution in [-0.4, -0.2) is 45.5 Å². The maximum Gasteiger partial charge on any atom is 0.193 e. The molecule has 0 radical (unpaired) electrons. The van der Waals surface area contributed by atoms with Crippen LogP contribution < -0.4 is 5.32 Å². The zero-order valence-corrected chi connectivity index (χ0v) is 18.7. The molecule has 0 saturated carbocycles. The molecular weight excluding hydrogens is 463 g/mol. The molecule has 3 heterocycles. The van der Waals surface area contributed by atoms with Crippen molar-refractivity contribution in [2.75, 3.05) is 20.1 Å². The molecule has 0 amide bonds. The van der Waals surface area contributed by atoms with E-state index in [0.717, 1.165) is 37.5 Å². The molecule has 2 unspecified atom stereocenters. The normalized spacial score (nSPS) is 20.1. The maximum absolute atomic E-state index is 4.54. The van der Waals surface area contributed by atoms with E-state index in [4.69, 9.17) is 0 Å². The molecule has 0 spiro atoms. The molecule has 6 nitrogen and oxygen atoms in total. The van der Waals surface area contributed by atoms with Crippen LogP contribution in [0.4, 0.5) is 0 Å². The van der Waals surface area contributed by atoms with Gasteiger partial charge in [-0.05, 0) is 30.0 Å². The second kappa shape index (κ2) is 9.36. The zero-order valence-electron chi connectivity index (χ0n) is 16.3. The number of likely N-dealkylation sites (tertiary alicyclic amines) is 1. The highest BCUT2D eigenvalue weighted by molar-refractivity contribution is 14.0. The molecule has 1 aromatic carbocycles. The fourth-order valence-corrected chi connectivity index (χ4v) is 3.91. The number of rotatable bonds is 3. The molecule has 4 rings (SSSR count). The molecule has 0 aliphatic carbocycles. The molecular formula is C21H27IN6. The predicted molar refractivity (Wildman–Crippen MR) is 124 cm³/mol. The summed E-state index contributed by atoms with van der Waals surface area (Å²) in [6, 6.07) is 10.8. The van der Waals surface area contributed by atoms with Gasteiger partial charge >= 0.3 is 0 Å². The van der Waals surface area contributed by atoms with Gasteiger partial charge in [0.25, 0.3) is 0 Å². The highest BCUT2D eigenvalue weighted by Crippen LogP contribution is 2.27. The highest BCUT2D eigenvalue weighted by atomic mass is 127. The van der Waals surface area contributed by atoms with E-state index >= 15 is 0 Å². The second-order valence-electron chi connectivity index (χ2n) is 7.18. The van der Waals surface area contributed by atoms with Crippen LogP contribution in [0.1, 0.15) is 24.9 Å². The third-order valence-corrected chi connectivity index (χ3v) is 5.51. The fraction of sp³-hybridized carbons (Fsp3) is 0.381. The van der Waals surface area contributed by atoms with Crippen molar-refractivity contribution in [1.29, 1.82) is 0 Å². The molecule has 2 atom stereocenters. The van der Waals surface area contributed by atoms with Crippen LogP contribution in [0.5, 0.6) is 0 Å². The third-order valence-electron chi connectivity index (χ3n) is 5.51. The molecule has 1 saturated heterocycles. The topological polar surface area (TPSA) is 58.3 Å². The summed E-state index contributed by atoms with van der Waals surface area (Å²) in [5, 5.41) is 4.74. The number of fused-ring (bicyclic) bond motifs is 1. The van der Waals surface area contributed by atoms with Crippen molar-refractivity contribution in [1.82, 2.24) is 24.8 Å². The number of para-hydroxylation sites is 1. The average Bonchev–Trinajstić information content (AvgIpc) is 3.24. The summed E-state index contributed by atoms with van der Waals surface area (Å²) < 4.78 is 2.22. The molecule has 1 aliphatic heterocycles. The largest absolute Gasteiger partial charge is 0.352 e. The van der Waals surface area contributed by atoms with Crippen molar-refractivity contribution >= 4 is 40.8 Å². The maximum atomic E-state index is 4.54. The number of imidazole rings is 1. The number of hydrogen-bond donors (Lipinski definition) is 1. The Morgan fingerprint density at radius 3 is 2.89 bits per heavy atom. The van der Waals surface area contributed by atoms with Crippen molar-refractivity contribution in [2.45, 2.75) is 25.9 Å². The van der Waals surface area contributed by atoms with E-state index in [0.29, 0.717) is 12.0 Å². The van der Waals surface area contributed by atoms with Crippen molar-refractivity contribution in [3.05, 3.63) is 60.8 Å². The van der Waals surface area contributed by atoms with Gasteiger partial charge in [0.05, 0.1) is 17.9 Å². The molecule has 0 bridgehead atoms. The number of nitrogens with zero attached hydrogens (tertiary/aromatic N) is 5. The minimum absolute atomic E-state index is 0. The van der Waals surface area contributed by atoms with Gasteiger partial charge in [-0.15, -0.1) is 24.0 Å². The Morgan fingerprint density at radius 1 is 1.25 bits per heavy atom. The predicted octanol–water partition coefficient (Wildman–Crippen LogP) is 3.71. The summed E-state index contributed by atoms with van der Waals surface area (Å²) in [7, 11) is 1.86. The van der Waals surface area contributed by atoms with Crippen LogP contribution in [-0.2, 0) is 6.54 Å². The van der Waals surface area contributed by atoms with Gasteiger partial charge in [0.15, 0.2) is 5.96 Å². The quantitative estimate of drug-likeness (QED) is 0.346. The Kier molecular flexibility index (Phi) is 6.88. The van der Waals surface area contributed by atoms with E-state index in [2.05, 4.69) is 67.1 Å². The second-order valence-corrected chi connectivity index (χ2v) is 7.18. The monoisotopic (exact) mass is 490 g/mol. The van der Waals surface area contributed by atoms with Crippen molar-refractivity contribution in [3.63, 3.8) is 0 Å².